The standard InChI is InChI=1S/C15H16FN3S/c16-11-1-2-12-10(7-11)8-13-15(12)18-14(20-13)9-19-5-3-17-4-6-19/h1-2,7,17H,3-6,8-9H2. The molecule has 1 aliphatic heterocycles. The van der Waals surface area contributed by atoms with Gasteiger partial charge >= 0.3 is 0 Å². The van der Waals surface area contributed by atoms with Crippen LogP contribution in [0.15, 0.2) is 18.2 Å². The van der Waals surface area contributed by atoms with E-state index in [1.54, 1.807) is 17.4 Å². The highest BCUT2D eigenvalue weighted by Gasteiger charge is 2.24. The lowest BCUT2D eigenvalue weighted by molar-refractivity contribution is 0.233. The maximum atomic E-state index is 13.3. The van der Waals surface area contributed by atoms with E-state index >= 15 is 0 Å². The van der Waals surface area contributed by atoms with Crippen molar-refractivity contribution >= 4 is 11.3 Å². The highest BCUT2D eigenvalue weighted by Crippen LogP contribution is 2.39. The summed E-state index contributed by atoms with van der Waals surface area (Å²) in [7, 11) is 0. The van der Waals surface area contributed by atoms with E-state index in [1.165, 1.54) is 16.0 Å². The topological polar surface area (TPSA) is 28.2 Å². The fraction of sp³-hybridized carbons (Fsp3) is 0.400. The molecule has 2 aromatic rings. The predicted octanol–water partition coefficient (Wildman–Crippen LogP) is 2.26. The third-order valence-corrected chi connectivity index (χ3v) is 5.02. The molecule has 1 aromatic heterocycles. The van der Waals surface area contributed by atoms with Gasteiger partial charge in [-0.05, 0) is 23.8 Å². The van der Waals surface area contributed by atoms with E-state index in [-0.39, 0.29) is 5.82 Å². The minimum Gasteiger partial charge on any atom is -0.314 e. The molecule has 20 heavy (non-hydrogen) atoms. The molecule has 0 radical (unpaired) electrons. The normalized spacial score (nSPS) is 18.1. The van der Waals surface area contributed by atoms with Crippen LogP contribution in [0.5, 0.6) is 0 Å². The Kier molecular flexibility index (Phi) is 3.06. The second kappa shape index (κ2) is 4.91. The molecule has 3 nitrogen and oxygen atoms in total. The lowest BCUT2D eigenvalue weighted by Crippen LogP contribution is -2.42. The zero-order valence-corrected chi connectivity index (χ0v) is 12.0. The van der Waals surface area contributed by atoms with Crippen LogP contribution in [-0.2, 0) is 13.0 Å². The molecule has 1 aliphatic carbocycles. The predicted molar refractivity (Wildman–Crippen MR) is 78.5 cm³/mol. The average Bonchev–Trinajstić information content (AvgIpc) is 2.96. The molecule has 1 saturated heterocycles. The first-order valence-electron chi connectivity index (χ1n) is 7.00. The quantitative estimate of drug-likeness (QED) is 0.784. The minimum absolute atomic E-state index is 0.153. The van der Waals surface area contributed by atoms with Gasteiger partial charge in [0, 0.05) is 43.0 Å². The van der Waals surface area contributed by atoms with Crippen LogP contribution in [0, 0.1) is 5.82 Å². The van der Waals surface area contributed by atoms with Crippen LogP contribution in [0.3, 0.4) is 0 Å². The van der Waals surface area contributed by atoms with Gasteiger partial charge in [0.15, 0.2) is 0 Å². The SMILES string of the molecule is Fc1ccc2c(c1)Cc1sc(CN3CCNCC3)nc1-2. The Morgan fingerprint density at radius 3 is 3.00 bits per heavy atom. The number of fused-ring (bicyclic) bond motifs is 3. The third-order valence-electron chi connectivity index (χ3n) is 3.98. The van der Waals surface area contributed by atoms with Gasteiger partial charge in [-0.3, -0.25) is 4.90 Å². The Labute approximate surface area is 121 Å². The van der Waals surface area contributed by atoms with Gasteiger partial charge in [0.1, 0.15) is 10.8 Å². The molecule has 0 bridgehead atoms. The Hall–Kier alpha value is -1.30. The lowest BCUT2D eigenvalue weighted by Gasteiger charge is -2.26. The van der Waals surface area contributed by atoms with Crippen LogP contribution in [-0.4, -0.2) is 36.1 Å². The fourth-order valence-electron chi connectivity index (χ4n) is 2.97. The fourth-order valence-corrected chi connectivity index (χ4v) is 4.12. The molecule has 2 heterocycles. The molecule has 104 valence electrons. The van der Waals surface area contributed by atoms with Gasteiger partial charge in [-0.2, -0.15) is 0 Å². The second-order valence-electron chi connectivity index (χ2n) is 5.38. The second-order valence-corrected chi connectivity index (χ2v) is 6.55. The minimum atomic E-state index is -0.153. The van der Waals surface area contributed by atoms with Gasteiger partial charge in [0.2, 0.25) is 0 Å². The van der Waals surface area contributed by atoms with Gasteiger partial charge in [-0.25, -0.2) is 9.37 Å². The summed E-state index contributed by atoms with van der Waals surface area (Å²) in [6.45, 7) is 5.24. The highest BCUT2D eigenvalue weighted by atomic mass is 32.1. The van der Waals surface area contributed by atoms with Crippen molar-refractivity contribution in [1.82, 2.24) is 15.2 Å². The van der Waals surface area contributed by atoms with Crippen molar-refractivity contribution in [3.05, 3.63) is 39.5 Å². The molecule has 1 N–H and O–H groups in total. The molecular weight excluding hydrogens is 273 g/mol. The molecule has 0 spiro atoms. The molecule has 5 heteroatoms. The number of nitrogens with zero attached hydrogens (tertiary/aromatic N) is 2. The van der Waals surface area contributed by atoms with Crippen molar-refractivity contribution in [2.45, 2.75) is 13.0 Å². The first-order chi connectivity index (χ1) is 9.79. The van der Waals surface area contributed by atoms with Crippen LogP contribution in [0.4, 0.5) is 4.39 Å². The highest BCUT2D eigenvalue weighted by molar-refractivity contribution is 7.12. The Morgan fingerprint density at radius 2 is 2.15 bits per heavy atom. The Bertz CT molecular complexity index is 647. The number of hydrogen-bond acceptors (Lipinski definition) is 4. The van der Waals surface area contributed by atoms with E-state index in [9.17, 15) is 4.39 Å². The van der Waals surface area contributed by atoms with Gasteiger partial charge in [-0.1, -0.05) is 0 Å². The number of thiazole rings is 1. The van der Waals surface area contributed by atoms with Crippen LogP contribution in [0.2, 0.25) is 0 Å². The molecule has 0 atom stereocenters. The number of hydrogen-bond donors (Lipinski definition) is 1. The number of benzene rings is 1. The molecule has 2 aliphatic rings. The van der Waals surface area contributed by atoms with Gasteiger partial charge in [0.25, 0.3) is 0 Å². The number of rotatable bonds is 2. The van der Waals surface area contributed by atoms with Gasteiger partial charge in [-0.15, -0.1) is 11.3 Å². The van der Waals surface area contributed by atoms with E-state index in [4.69, 9.17) is 4.98 Å². The zero-order valence-electron chi connectivity index (χ0n) is 11.2. The summed E-state index contributed by atoms with van der Waals surface area (Å²) in [5.74, 6) is -0.153. The maximum Gasteiger partial charge on any atom is 0.123 e. The summed E-state index contributed by atoms with van der Waals surface area (Å²) in [6, 6.07) is 5.04. The summed E-state index contributed by atoms with van der Waals surface area (Å²) in [4.78, 5) is 8.52. The van der Waals surface area contributed by atoms with E-state index in [0.717, 1.165) is 56.0 Å². The molecule has 4 rings (SSSR count). The van der Waals surface area contributed by atoms with E-state index in [2.05, 4.69) is 10.2 Å². The van der Waals surface area contributed by atoms with Gasteiger partial charge < -0.3 is 5.32 Å². The number of nitrogens with one attached hydrogen (secondary N) is 1. The smallest absolute Gasteiger partial charge is 0.123 e. The molecule has 1 aromatic carbocycles. The first-order valence-corrected chi connectivity index (χ1v) is 7.82. The lowest BCUT2D eigenvalue weighted by atomic mass is 10.1. The molecule has 0 saturated carbocycles. The van der Waals surface area contributed by atoms with Crippen LogP contribution >= 0.6 is 11.3 Å². The summed E-state index contributed by atoms with van der Waals surface area (Å²) in [6.07, 6.45) is 0.835. The van der Waals surface area contributed by atoms with Crippen molar-refractivity contribution in [2.75, 3.05) is 26.2 Å². The summed E-state index contributed by atoms with van der Waals surface area (Å²) >= 11 is 1.78. The summed E-state index contributed by atoms with van der Waals surface area (Å²) in [5.41, 5.74) is 3.27. The zero-order chi connectivity index (χ0) is 13.5. The number of piperazine rings is 1. The first kappa shape index (κ1) is 12.4. The average molecular weight is 289 g/mol. The van der Waals surface area contributed by atoms with Crippen molar-refractivity contribution in [1.29, 1.82) is 0 Å². The van der Waals surface area contributed by atoms with E-state index in [0.29, 0.717) is 0 Å². The van der Waals surface area contributed by atoms with Crippen LogP contribution in [0.1, 0.15) is 15.4 Å². The van der Waals surface area contributed by atoms with Crippen molar-refractivity contribution < 1.29 is 4.39 Å². The van der Waals surface area contributed by atoms with E-state index < -0.39 is 0 Å². The molecular formula is C15H16FN3S. The summed E-state index contributed by atoms with van der Waals surface area (Å²) < 4.78 is 13.3. The molecule has 0 amide bonds. The summed E-state index contributed by atoms with van der Waals surface area (Å²) in [5, 5.41) is 4.55. The van der Waals surface area contributed by atoms with Gasteiger partial charge in [0.05, 0.1) is 12.2 Å². The maximum absolute atomic E-state index is 13.3. The van der Waals surface area contributed by atoms with Crippen LogP contribution < -0.4 is 5.32 Å². The largest absolute Gasteiger partial charge is 0.314 e. The third kappa shape index (κ3) is 2.16. The Balaban J connectivity index is 1.58. The monoisotopic (exact) mass is 289 g/mol. The Morgan fingerprint density at radius 1 is 1.30 bits per heavy atom. The molecule has 0 unspecified atom stereocenters. The number of aromatic nitrogens is 1. The molecule has 1 fully saturated rings. The van der Waals surface area contributed by atoms with Crippen LogP contribution in [0.25, 0.3) is 11.3 Å². The van der Waals surface area contributed by atoms with Crippen molar-refractivity contribution in [3.63, 3.8) is 0 Å². The van der Waals surface area contributed by atoms with E-state index in [1.807, 2.05) is 6.07 Å². The number of halogens is 1. The van der Waals surface area contributed by atoms with Crippen molar-refractivity contribution in [2.24, 2.45) is 0 Å². The van der Waals surface area contributed by atoms with Crippen molar-refractivity contribution in [3.8, 4) is 11.3 Å².